The first-order valence-corrected chi connectivity index (χ1v) is 25.4. The van der Waals surface area contributed by atoms with Gasteiger partial charge in [0, 0.05) is 6.92 Å². The largest absolute Gasteiger partial charge is 0.479 e. The van der Waals surface area contributed by atoms with E-state index in [1.807, 2.05) is 5.32 Å². The van der Waals surface area contributed by atoms with Crippen LogP contribution in [0.1, 0.15) is 6.92 Å². The summed E-state index contributed by atoms with van der Waals surface area (Å²) in [7, 11) is -29.1. The second-order valence-electron chi connectivity index (χ2n) is 14.6. The van der Waals surface area contributed by atoms with Crippen LogP contribution in [0.5, 0.6) is 0 Å². The van der Waals surface area contributed by atoms with Crippen LogP contribution in [0.15, 0.2) is 0 Å². The third kappa shape index (κ3) is 16.1. The molecule has 0 aromatic carbocycles. The Morgan fingerprint density at radius 1 is 0.514 bits per heavy atom. The number of hydrogen-bond donors (Lipinski definition) is 15. The molecule has 15 N–H and O–H groups in total. The summed E-state index contributed by atoms with van der Waals surface area (Å²) in [4.78, 5) is 36.4. The average molecular weight is 1130 g/mol. The van der Waals surface area contributed by atoms with E-state index in [2.05, 4.69) is 16.7 Å². The molecule has 0 radical (unpaired) electrons. The summed E-state index contributed by atoms with van der Waals surface area (Å²) in [6, 6.07) is -4.96. The number of aliphatic carboxylic acids is 2. The Kier molecular flexibility index (Phi) is 19.5. The predicted molar refractivity (Wildman–Crippen MR) is 201 cm³/mol. The Bertz CT molecular complexity index is 2440. The molecule has 4 fully saturated rings. The van der Waals surface area contributed by atoms with Crippen LogP contribution in [0.25, 0.3) is 0 Å². The smallest absolute Gasteiger partial charge is 0.397 e. The minimum atomic E-state index is -6.09. The number of hydrogen-bond acceptors (Lipinski definition) is 30. The zero-order valence-corrected chi connectivity index (χ0v) is 38.2. The number of carbonyl (C=O) groups excluding carboxylic acids is 1. The summed E-state index contributed by atoms with van der Waals surface area (Å²) in [5.41, 5.74) is 0. The van der Waals surface area contributed by atoms with Gasteiger partial charge in [-0.1, -0.05) is 0 Å². The Balaban J connectivity index is 1.83. The average Bonchev–Trinajstić information content (AvgIpc) is 3.18. The molecule has 4 saturated heterocycles. The van der Waals surface area contributed by atoms with Crippen molar-refractivity contribution in [2.24, 2.45) is 0 Å². The summed E-state index contributed by atoms with van der Waals surface area (Å²) < 4.78 is 222. The Labute approximate surface area is 391 Å². The fourth-order valence-corrected chi connectivity index (χ4v) is 9.43. The highest BCUT2D eigenvalue weighted by Crippen LogP contribution is 2.37. The lowest BCUT2D eigenvalue weighted by Crippen LogP contribution is -2.71. The van der Waals surface area contributed by atoms with Gasteiger partial charge in [0.05, 0.1) is 13.2 Å². The predicted octanol–water partition coefficient (Wildman–Crippen LogP) is -10.7. The number of amides is 1. The molecule has 0 saturated carbocycles. The molecule has 4 heterocycles. The van der Waals surface area contributed by atoms with Crippen LogP contribution in [-0.2, 0) is 116 Å². The lowest BCUT2D eigenvalue weighted by Gasteiger charge is -2.50. The molecule has 4 rings (SSSR count). The number of carbonyl (C=O) groups is 3. The van der Waals surface area contributed by atoms with Crippen LogP contribution >= 0.6 is 0 Å². The maximum absolute atomic E-state index is 12.7. The summed E-state index contributed by atoms with van der Waals surface area (Å²) >= 11 is 0. The lowest BCUT2D eigenvalue weighted by molar-refractivity contribution is -0.366. The van der Waals surface area contributed by atoms with Crippen molar-refractivity contribution < 1.29 is 170 Å². The van der Waals surface area contributed by atoms with Crippen LogP contribution in [0.4, 0.5) is 0 Å². The molecule has 20 unspecified atom stereocenters. The molecule has 0 aromatic rings. The van der Waals surface area contributed by atoms with Crippen molar-refractivity contribution in [2.45, 2.75) is 130 Å². The molecular weight excluding hydrogens is 1090 g/mol. The van der Waals surface area contributed by atoms with Gasteiger partial charge in [0.25, 0.3) is 0 Å². The highest BCUT2D eigenvalue weighted by molar-refractivity contribution is 7.83. The first kappa shape index (κ1) is 59.8. The minimum Gasteiger partial charge on any atom is -0.479 e. The summed E-state index contributed by atoms with van der Waals surface area (Å²) in [5, 5.41) is 86.0. The summed E-state index contributed by atoms with van der Waals surface area (Å²) in [6.07, 6.45) is -49.1. The summed E-state index contributed by atoms with van der Waals surface area (Å²) in [6.45, 7) is -2.24. The van der Waals surface area contributed by atoms with E-state index in [4.69, 9.17) is 37.7 Å². The molecule has 408 valence electrons. The molecular formula is C26H42N2O37S5. The molecule has 0 bridgehead atoms. The third-order valence-electron chi connectivity index (χ3n) is 9.68. The van der Waals surface area contributed by atoms with E-state index in [1.54, 1.807) is 0 Å². The minimum absolute atomic E-state index is 0.840. The fourth-order valence-electron chi connectivity index (χ4n) is 7.05. The highest BCUT2D eigenvalue weighted by Gasteiger charge is 2.60. The van der Waals surface area contributed by atoms with Gasteiger partial charge in [0.1, 0.15) is 73.1 Å². The van der Waals surface area contributed by atoms with Gasteiger partial charge in [-0.3, -0.25) is 27.6 Å². The van der Waals surface area contributed by atoms with E-state index < -0.39 is 206 Å². The zero-order valence-electron chi connectivity index (χ0n) is 34.1. The topological polar surface area (TPSA) is 610 Å². The van der Waals surface area contributed by atoms with E-state index in [0.29, 0.717) is 0 Å². The second-order valence-corrected chi connectivity index (χ2v) is 20.0. The molecule has 0 spiro atoms. The Hall–Kier alpha value is -2.76. The highest BCUT2D eigenvalue weighted by atomic mass is 32.3. The van der Waals surface area contributed by atoms with Gasteiger partial charge < -0.3 is 79.3 Å². The number of carboxylic acids is 2. The van der Waals surface area contributed by atoms with Crippen molar-refractivity contribution in [3.8, 4) is 0 Å². The number of carboxylic acid groups (broad SMARTS) is 2. The van der Waals surface area contributed by atoms with Gasteiger partial charge in [-0.25, -0.2) is 26.3 Å². The van der Waals surface area contributed by atoms with Gasteiger partial charge in [0.2, 0.25) is 5.91 Å². The normalized spacial score (nSPS) is 39.2. The number of aliphatic hydroxyl groups excluding tert-OH is 6. The van der Waals surface area contributed by atoms with Crippen LogP contribution < -0.4 is 10.0 Å². The molecule has 44 heteroatoms. The summed E-state index contributed by atoms with van der Waals surface area (Å²) in [5.74, 6) is -5.49. The number of rotatable bonds is 21. The quantitative estimate of drug-likeness (QED) is 0.0475. The number of ether oxygens (including phenoxy) is 7. The molecule has 1 amide bonds. The van der Waals surface area contributed by atoms with Crippen molar-refractivity contribution in [3.05, 3.63) is 0 Å². The Morgan fingerprint density at radius 2 is 0.986 bits per heavy atom. The van der Waals surface area contributed by atoms with Crippen molar-refractivity contribution >= 4 is 69.7 Å². The van der Waals surface area contributed by atoms with Gasteiger partial charge in [-0.2, -0.15) is 46.8 Å². The first-order valence-electron chi connectivity index (χ1n) is 18.5. The maximum atomic E-state index is 12.7. The monoisotopic (exact) mass is 1130 g/mol. The van der Waals surface area contributed by atoms with Crippen LogP contribution in [0.2, 0.25) is 0 Å². The number of nitrogens with one attached hydrogen (secondary N) is 2. The van der Waals surface area contributed by atoms with Crippen molar-refractivity contribution in [3.63, 3.8) is 0 Å². The van der Waals surface area contributed by atoms with Crippen LogP contribution in [0, 0.1) is 0 Å². The first-order chi connectivity index (χ1) is 31.8. The van der Waals surface area contributed by atoms with Gasteiger partial charge in [-0.15, -0.1) is 0 Å². The van der Waals surface area contributed by atoms with Gasteiger partial charge >= 0.3 is 63.8 Å². The fraction of sp³-hybridized carbons (Fsp3) is 0.885. The molecule has 0 aliphatic carbocycles. The SMILES string of the molecule is CC(=O)NC1C(O)OC(COS(=O)(=O)O)C(OC2OC(C(=O)O)C(OC3OC(CO)C(OC4OC(C(=O)O)C(O)C(O)C4OS(=O)(=O)O)C(OS(=O)(=O)O)C3NS(=O)(=O)O)C(O)C2OS(=O)(=O)O)C1O. The third-order valence-corrected chi connectivity index (χ3v) is 12.1. The van der Waals surface area contributed by atoms with Crippen molar-refractivity contribution in [2.75, 3.05) is 13.2 Å². The van der Waals surface area contributed by atoms with E-state index in [1.165, 1.54) is 4.72 Å². The molecule has 4 aliphatic heterocycles. The number of aliphatic hydroxyl groups is 6. The molecule has 20 atom stereocenters. The van der Waals surface area contributed by atoms with Crippen LogP contribution in [-0.4, -0.2) is 259 Å². The van der Waals surface area contributed by atoms with E-state index in [0.717, 1.165) is 6.92 Å². The van der Waals surface area contributed by atoms with Crippen LogP contribution in [0.3, 0.4) is 0 Å². The molecule has 0 aromatic heterocycles. The Morgan fingerprint density at radius 3 is 1.44 bits per heavy atom. The van der Waals surface area contributed by atoms with E-state index in [-0.39, 0.29) is 0 Å². The second kappa shape index (κ2) is 22.8. The molecule has 70 heavy (non-hydrogen) atoms. The van der Waals surface area contributed by atoms with Gasteiger partial charge in [-0.05, 0) is 0 Å². The van der Waals surface area contributed by atoms with E-state index in [9.17, 15) is 116 Å². The maximum Gasteiger partial charge on any atom is 0.397 e. The molecule has 39 nitrogen and oxygen atoms in total. The standard InChI is InChI=1S/C26H42N2O37S5/c1-4(30)27-7-9(31)13(6(56-23(7)39)3-55-67(43,44)45)58-26-19(65-70(52,53)54)12(34)16(20(62-26)22(37)38)60-24-8(28-66(40,41)42)15(63-68(46,47)48)14(5(2-29)57-24)59-25-18(64-69(49,50)51)11(33)10(32)17(61-25)21(35)36/h5-20,23-26,28-29,31-34,39H,2-3H2,1H3,(H,27,30)(H,35,36)(H,37,38)(H,40,41,42)(H,43,44,45)(H,46,47,48)(H,49,50,51)(H,52,53,54). The zero-order chi connectivity index (χ0) is 53.4. The van der Waals surface area contributed by atoms with Crippen molar-refractivity contribution in [1.82, 2.24) is 10.0 Å². The molecule has 4 aliphatic rings. The van der Waals surface area contributed by atoms with Crippen molar-refractivity contribution in [1.29, 1.82) is 0 Å². The lowest BCUT2D eigenvalue weighted by atomic mass is 9.94. The van der Waals surface area contributed by atoms with E-state index >= 15 is 0 Å². The van der Waals surface area contributed by atoms with Gasteiger partial charge in [0.15, 0.2) is 49.6 Å².